The Bertz CT molecular complexity index is 1070. The van der Waals surface area contributed by atoms with Crippen LogP contribution in [0, 0.1) is 0 Å². The molecule has 3 aromatic rings. The zero-order valence-corrected chi connectivity index (χ0v) is 20.4. The summed E-state index contributed by atoms with van der Waals surface area (Å²) in [4.78, 5) is 11.2. The van der Waals surface area contributed by atoms with Crippen molar-refractivity contribution in [1.29, 1.82) is 0 Å². The molecule has 0 aromatic heterocycles. The number of aryl methyl sites for hydroxylation is 1. The molecule has 0 unspecified atom stereocenters. The maximum absolute atomic E-state index is 11.2. The van der Waals surface area contributed by atoms with Gasteiger partial charge in [0.05, 0.1) is 6.61 Å². The second-order valence-electron chi connectivity index (χ2n) is 8.19. The predicted molar refractivity (Wildman–Crippen MR) is 140 cm³/mol. The van der Waals surface area contributed by atoms with Crippen LogP contribution in [0.15, 0.2) is 79.4 Å². The molecule has 0 aliphatic rings. The van der Waals surface area contributed by atoms with Crippen LogP contribution in [-0.4, -0.2) is 37.5 Å². The Morgan fingerprint density at radius 2 is 1.40 bits per heavy atom. The van der Waals surface area contributed by atoms with E-state index in [2.05, 4.69) is 62.0 Å². The first-order chi connectivity index (χ1) is 17.1. The van der Waals surface area contributed by atoms with E-state index < -0.39 is 5.97 Å². The number of carbonyl (C=O) groups is 1. The van der Waals surface area contributed by atoms with E-state index in [1.807, 2.05) is 18.2 Å². The van der Waals surface area contributed by atoms with Gasteiger partial charge in [-0.05, 0) is 52.8 Å². The highest BCUT2D eigenvalue weighted by Gasteiger charge is 2.10. The smallest absolute Gasteiger partial charge is 0.330 e. The second kappa shape index (κ2) is 14.0. The van der Waals surface area contributed by atoms with Crippen molar-refractivity contribution in [2.45, 2.75) is 32.6 Å². The maximum atomic E-state index is 11.2. The Morgan fingerprint density at radius 3 is 2.03 bits per heavy atom. The van der Waals surface area contributed by atoms with Crippen LogP contribution in [0.1, 0.15) is 31.7 Å². The van der Waals surface area contributed by atoms with E-state index in [1.165, 1.54) is 30.4 Å². The number of esters is 1. The number of benzene rings is 3. The Hall–Kier alpha value is -3.57. The van der Waals surface area contributed by atoms with Gasteiger partial charge >= 0.3 is 5.97 Å². The first kappa shape index (κ1) is 26.0. The van der Waals surface area contributed by atoms with Crippen molar-refractivity contribution in [3.05, 3.63) is 84.9 Å². The molecule has 0 aliphatic heterocycles. The highest BCUT2D eigenvalue weighted by atomic mass is 16.6. The van der Waals surface area contributed by atoms with Gasteiger partial charge in [-0.1, -0.05) is 80.9 Å². The predicted octanol–water partition coefficient (Wildman–Crippen LogP) is 6.23. The molecule has 1 N–H and O–H groups in total. The third kappa shape index (κ3) is 8.01. The molecular formula is C30H34O5. The molecule has 0 saturated heterocycles. The van der Waals surface area contributed by atoms with E-state index in [0.29, 0.717) is 11.5 Å². The molecule has 5 heteroatoms. The summed E-state index contributed by atoms with van der Waals surface area (Å²) in [6.45, 7) is 5.93. The number of rotatable bonds is 14. The molecule has 0 bridgehead atoms. The first-order valence-electron chi connectivity index (χ1n) is 12.1. The van der Waals surface area contributed by atoms with Crippen LogP contribution in [0.3, 0.4) is 0 Å². The van der Waals surface area contributed by atoms with Gasteiger partial charge in [0.1, 0.15) is 19.8 Å². The summed E-state index contributed by atoms with van der Waals surface area (Å²) >= 11 is 0. The van der Waals surface area contributed by atoms with Crippen molar-refractivity contribution in [1.82, 2.24) is 0 Å². The molecule has 0 saturated carbocycles. The number of unbranched alkanes of at least 4 members (excludes halogenated alkanes) is 2. The van der Waals surface area contributed by atoms with E-state index in [-0.39, 0.29) is 26.4 Å². The summed E-state index contributed by atoms with van der Waals surface area (Å²) in [5, 5.41) is 9.10. The second-order valence-corrected chi connectivity index (χ2v) is 8.19. The van der Waals surface area contributed by atoms with Crippen LogP contribution in [0.2, 0.25) is 0 Å². The van der Waals surface area contributed by atoms with Gasteiger partial charge in [-0.15, -0.1) is 0 Å². The number of aliphatic hydroxyl groups is 1. The largest absolute Gasteiger partial charge is 0.487 e. The number of aliphatic hydroxyl groups excluding tert-OH is 1. The van der Waals surface area contributed by atoms with Gasteiger partial charge in [0.15, 0.2) is 11.5 Å². The zero-order valence-electron chi connectivity index (χ0n) is 20.4. The Balaban J connectivity index is 1.71. The van der Waals surface area contributed by atoms with Crippen LogP contribution >= 0.6 is 0 Å². The summed E-state index contributed by atoms with van der Waals surface area (Å²) in [6, 6.07) is 22.9. The molecule has 0 atom stereocenters. The molecule has 0 amide bonds. The summed E-state index contributed by atoms with van der Waals surface area (Å²) in [5.41, 5.74) is 5.76. The molecule has 3 aromatic carbocycles. The Kier molecular flexibility index (Phi) is 10.4. The van der Waals surface area contributed by atoms with Gasteiger partial charge in [0.25, 0.3) is 0 Å². The van der Waals surface area contributed by atoms with Crippen molar-refractivity contribution in [2.24, 2.45) is 0 Å². The molecule has 0 radical (unpaired) electrons. The van der Waals surface area contributed by atoms with Gasteiger partial charge < -0.3 is 19.3 Å². The van der Waals surface area contributed by atoms with Gasteiger partial charge in [-0.25, -0.2) is 4.79 Å². The summed E-state index contributed by atoms with van der Waals surface area (Å²) in [7, 11) is 0. The average Bonchev–Trinajstić information content (AvgIpc) is 2.90. The molecule has 3 rings (SSSR count). The van der Waals surface area contributed by atoms with Gasteiger partial charge in [-0.3, -0.25) is 0 Å². The fraction of sp³-hybridized carbons (Fsp3) is 0.300. The third-order valence-electron chi connectivity index (χ3n) is 5.62. The standard InChI is InChI=1S/C30H34O5/c1-3-5-6-7-23-8-10-24(11-9-23)25-12-14-26(15-13-25)27-16-17-28(33-19-18-31)29(22-27)34-20-21-35-30(32)4-2/h4,8-17,22,31H,2-3,5-7,18-21H2,1H3. The van der Waals surface area contributed by atoms with Gasteiger partial charge in [0, 0.05) is 6.08 Å². The lowest BCUT2D eigenvalue weighted by Gasteiger charge is -2.14. The third-order valence-corrected chi connectivity index (χ3v) is 5.62. The number of ether oxygens (including phenoxy) is 3. The summed E-state index contributed by atoms with van der Waals surface area (Å²) in [5.74, 6) is 0.548. The van der Waals surface area contributed by atoms with Crippen LogP contribution < -0.4 is 9.47 Å². The highest BCUT2D eigenvalue weighted by molar-refractivity contribution is 5.81. The Labute approximate surface area is 208 Å². The lowest BCUT2D eigenvalue weighted by Crippen LogP contribution is -2.11. The minimum Gasteiger partial charge on any atom is -0.487 e. The first-order valence-corrected chi connectivity index (χ1v) is 12.1. The van der Waals surface area contributed by atoms with Crippen LogP contribution in [0.5, 0.6) is 11.5 Å². The average molecular weight is 475 g/mol. The van der Waals surface area contributed by atoms with Crippen LogP contribution in [0.25, 0.3) is 22.3 Å². The van der Waals surface area contributed by atoms with Crippen LogP contribution in [0.4, 0.5) is 0 Å². The molecule has 0 heterocycles. The van der Waals surface area contributed by atoms with Crippen molar-refractivity contribution in [3.8, 4) is 33.8 Å². The molecule has 0 fully saturated rings. The van der Waals surface area contributed by atoms with Crippen LogP contribution in [-0.2, 0) is 16.0 Å². The zero-order chi connectivity index (χ0) is 24.9. The van der Waals surface area contributed by atoms with E-state index in [0.717, 1.165) is 29.2 Å². The van der Waals surface area contributed by atoms with Gasteiger partial charge in [-0.2, -0.15) is 0 Å². The molecule has 184 valence electrons. The molecule has 0 spiro atoms. The number of carbonyl (C=O) groups excluding carboxylic acids is 1. The lowest BCUT2D eigenvalue weighted by atomic mass is 9.98. The van der Waals surface area contributed by atoms with Crippen molar-refractivity contribution in [3.63, 3.8) is 0 Å². The van der Waals surface area contributed by atoms with Crippen molar-refractivity contribution >= 4 is 5.97 Å². The summed E-state index contributed by atoms with van der Waals surface area (Å²) in [6.07, 6.45) is 5.99. The monoisotopic (exact) mass is 474 g/mol. The van der Waals surface area contributed by atoms with Gasteiger partial charge in [0.2, 0.25) is 0 Å². The minimum absolute atomic E-state index is 0.0978. The van der Waals surface area contributed by atoms with Crippen molar-refractivity contribution < 1.29 is 24.1 Å². The van der Waals surface area contributed by atoms with Crippen molar-refractivity contribution in [2.75, 3.05) is 26.4 Å². The van der Waals surface area contributed by atoms with E-state index in [1.54, 1.807) is 0 Å². The Morgan fingerprint density at radius 1 is 0.800 bits per heavy atom. The van der Waals surface area contributed by atoms with E-state index in [4.69, 9.17) is 19.3 Å². The maximum Gasteiger partial charge on any atom is 0.330 e. The van der Waals surface area contributed by atoms with E-state index >= 15 is 0 Å². The number of hydrogen-bond acceptors (Lipinski definition) is 5. The SMILES string of the molecule is C=CC(=O)OCCOc1cc(-c2ccc(-c3ccc(CCCCC)cc3)cc2)ccc1OCCO. The number of hydrogen-bond donors (Lipinski definition) is 1. The topological polar surface area (TPSA) is 65.0 Å². The fourth-order valence-corrected chi connectivity index (χ4v) is 3.73. The molecule has 0 aliphatic carbocycles. The normalized spacial score (nSPS) is 10.6. The molecular weight excluding hydrogens is 440 g/mol. The quantitative estimate of drug-likeness (QED) is 0.170. The molecule has 5 nitrogen and oxygen atoms in total. The lowest BCUT2D eigenvalue weighted by molar-refractivity contribution is -0.138. The fourth-order valence-electron chi connectivity index (χ4n) is 3.73. The molecule has 35 heavy (non-hydrogen) atoms. The summed E-state index contributed by atoms with van der Waals surface area (Å²) < 4.78 is 16.4. The van der Waals surface area contributed by atoms with E-state index in [9.17, 15) is 4.79 Å². The minimum atomic E-state index is -0.495. The highest BCUT2D eigenvalue weighted by Crippen LogP contribution is 2.34.